The number of amides is 1. The first kappa shape index (κ1) is 17.1. The van der Waals surface area contributed by atoms with Crippen molar-refractivity contribution in [3.8, 4) is 0 Å². The van der Waals surface area contributed by atoms with Crippen LogP contribution in [0.4, 0.5) is 0 Å². The fraction of sp³-hybridized carbons (Fsp3) is 0.562. The third-order valence-corrected chi connectivity index (χ3v) is 4.14. The number of carboxylic acid groups (broad SMARTS) is 1. The predicted octanol–water partition coefficient (Wildman–Crippen LogP) is 2.57. The lowest BCUT2D eigenvalue weighted by Crippen LogP contribution is -2.40. The molecule has 1 rings (SSSR count). The number of aromatic nitrogens is 1. The highest BCUT2D eigenvalue weighted by Gasteiger charge is 2.39. The molecular formula is C16H24N2O3. The first-order valence-electron chi connectivity index (χ1n) is 7.21. The van der Waals surface area contributed by atoms with Gasteiger partial charge < -0.3 is 10.0 Å². The molecule has 5 nitrogen and oxygen atoms in total. The summed E-state index contributed by atoms with van der Waals surface area (Å²) in [5.74, 6) is -1.17. The van der Waals surface area contributed by atoms with Crippen LogP contribution in [0.15, 0.2) is 24.5 Å². The van der Waals surface area contributed by atoms with E-state index in [9.17, 15) is 14.7 Å². The highest BCUT2D eigenvalue weighted by molar-refractivity contribution is 5.85. The van der Waals surface area contributed by atoms with Crippen molar-refractivity contribution in [2.75, 3.05) is 6.54 Å². The standard InChI is InChI=1S/C16H24N2O3/c1-5-18(11-13-6-8-17-9-7-13)14(19)10-16(4,12(2)3)15(20)21/h6-9,12H,5,10-11H2,1-4H3,(H,20,21). The average Bonchev–Trinajstić information content (AvgIpc) is 2.45. The first-order valence-corrected chi connectivity index (χ1v) is 7.21. The van der Waals surface area contributed by atoms with Gasteiger partial charge in [0.05, 0.1) is 5.41 Å². The largest absolute Gasteiger partial charge is 0.481 e. The Morgan fingerprint density at radius 2 is 1.90 bits per heavy atom. The van der Waals surface area contributed by atoms with Crippen molar-refractivity contribution in [3.63, 3.8) is 0 Å². The minimum atomic E-state index is -1.04. The Hall–Kier alpha value is -1.91. The van der Waals surface area contributed by atoms with Gasteiger partial charge in [-0.2, -0.15) is 0 Å². The summed E-state index contributed by atoms with van der Waals surface area (Å²) >= 11 is 0. The maximum atomic E-state index is 12.5. The van der Waals surface area contributed by atoms with Crippen LogP contribution in [-0.2, 0) is 16.1 Å². The zero-order valence-corrected chi connectivity index (χ0v) is 13.2. The molecule has 1 heterocycles. The number of nitrogens with zero attached hydrogens (tertiary/aromatic N) is 2. The van der Waals surface area contributed by atoms with E-state index in [-0.39, 0.29) is 18.2 Å². The Kier molecular flexibility index (Phi) is 5.88. The molecule has 0 aromatic carbocycles. The summed E-state index contributed by atoms with van der Waals surface area (Å²) < 4.78 is 0. The SMILES string of the molecule is CCN(Cc1ccncc1)C(=O)CC(C)(C(=O)O)C(C)C. The third-order valence-electron chi connectivity index (χ3n) is 4.14. The van der Waals surface area contributed by atoms with Crippen molar-refractivity contribution >= 4 is 11.9 Å². The molecule has 0 fully saturated rings. The number of pyridine rings is 1. The van der Waals surface area contributed by atoms with Crippen LogP contribution in [0.2, 0.25) is 0 Å². The van der Waals surface area contributed by atoms with E-state index in [2.05, 4.69) is 4.98 Å². The zero-order chi connectivity index (χ0) is 16.0. The molecule has 1 aromatic heterocycles. The van der Waals surface area contributed by atoms with Crippen LogP contribution < -0.4 is 0 Å². The van der Waals surface area contributed by atoms with Gasteiger partial charge in [0.1, 0.15) is 0 Å². The summed E-state index contributed by atoms with van der Waals surface area (Å²) in [7, 11) is 0. The van der Waals surface area contributed by atoms with Crippen LogP contribution in [0.5, 0.6) is 0 Å². The first-order chi connectivity index (χ1) is 9.81. The lowest BCUT2D eigenvalue weighted by Gasteiger charge is -2.31. The van der Waals surface area contributed by atoms with Gasteiger partial charge in [-0.3, -0.25) is 14.6 Å². The second-order valence-corrected chi connectivity index (χ2v) is 5.82. The number of hydrogen-bond acceptors (Lipinski definition) is 3. The zero-order valence-electron chi connectivity index (χ0n) is 13.2. The van der Waals surface area contributed by atoms with Crippen LogP contribution in [0.3, 0.4) is 0 Å². The fourth-order valence-electron chi connectivity index (χ4n) is 2.04. The Balaban J connectivity index is 2.82. The lowest BCUT2D eigenvalue weighted by atomic mass is 9.76. The van der Waals surface area contributed by atoms with E-state index in [1.54, 1.807) is 24.2 Å². The third kappa shape index (κ3) is 4.28. The molecule has 1 atom stereocenters. The number of carbonyl (C=O) groups excluding carboxylic acids is 1. The van der Waals surface area contributed by atoms with Gasteiger partial charge in [-0.1, -0.05) is 13.8 Å². The second kappa shape index (κ2) is 7.20. The van der Waals surface area contributed by atoms with E-state index in [0.29, 0.717) is 13.1 Å². The van der Waals surface area contributed by atoms with E-state index >= 15 is 0 Å². The van der Waals surface area contributed by atoms with Gasteiger partial charge in [0.25, 0.3) is 0 Å². The highest BCUT2D eigenvalue weighted by atomic mass is 16.4. The van der Waals surface area contributed by atoms with Crippen LogP contribution in [0, 0.1) is 11.3 Å². The van der Waals surface area contributed by atoms with Crippen molar-refractivity contribution in [2.45, 2.75) is 40.7 Å². The van der Waals surface area contributed by atoms with Crippen molar-refractivity contribution in [2.24, 2.45) is 11.3 Å². The number of rotatable bonds is 7. The Morgan fingerprint density at radius 3 is 2.33 bits per heavy atom. The van der Waals surface area contributed by atoms with Gasteiger partial charge >= 0.3 is 5.97 Å². The number of carboxylic acids is 1. The maximum Gasteiger partial charge on any atom is 0.310 e. The van der Waals surface area contributed by atoms with Crippen molar-refractivity contribution in [3.05, 3.63) is 30.1 Å². The van der Waals surface area contributed by atoms with Crippen molar-refractivity contribution < 1.29 is 14.7 Å². The van der Waals surface area contributed by atoms with E-state index < -0.39 is 11.4 Å². The number of carbonyl (C=O) groups is 2. The van der Waals surface area contributed by atoms with E-state index in [4.69, 9.17) is 0 Å². The molecule has 1 aromatic rings. The highest BCUT2D eigenvalue weighted by Crippen LogP contribution is 2.32. The van der Waals surface area contributed by atoms with Gasteiger partial charge in [-0.25, -0.2) is 0 Å². The fourth-order valence-corrected chi connectivity index (χ4v) is 2.04. The summed E-state index contributed by atoms with van der Waals surface area (Å²) in [6.07, 6.45) is 3.38. The summed E-state index contributed by atoms with van der Waals surface area (Å²) in [6.45, 7) is 8.23. The molecule has 1 N–H and O–H groups in total. The van der Waals surface area contributed by atoms with Gasteiger partial charge in [-0.05, 0) is 37.5 Å². The minimum absolute atomic E-state index is 0.0128. The van der Waals surface area contributed by atoms with Crippen molar-refractivity contribution in [1.29, 1.82) is 0 Å². The minimum Gasteiger partial charge on any atom is -0.481 e. The molecule has 116 valence electrons. The Bertz CT molecular complexity index is 488. The molecule has 1 unspecified atom stereocenters. The normalized spacial score (nSPS) is 13.8. The molecule has 0 aliphatic carbocycles. The molecule has 0 spiro atoms. The topological polar surface area (TPSA) is 70.5 Å². The summed E-state index contributed by atoms with van der Waals surface area (Å²) in [6, 6.07) is 3.71. The number of hydrogen-bond donors (Lipinski definition) is 1. The van der Waals surface area contributed by atoms with Crippen LogP contribution >= 0.6 is 0 Å². The predicted molar refractivity (Wildman–Crippen MR) is 80.5 cm³/mol. The Labute approximate surface area is 126 Å². The molecular weight excluding hydrogens is 268 g/mol. The van der Waals surface area contributed by atoms with Crippen LogP contribution in [0.25, 0.3) is 0 Å². The van der Waals surface area contributed by atoms with Gasteiger partial charge in [0, 0.05) is 31.9 Å². The summed E-state index contributed by atoms with van der Waals surface area (Å²) in [5.41, 5.74) is -0.0512. The molecule has 21 heavy (non-hydrogen) atoms. The second-order valence-electron chi connectivity index (χ2n) is 5.82. The molecule has 5 heteroatoms. The van der Waals surface area contributed by atoms with Crippen LogP contribution in [0.1, 0.15) is 39.7 Å². The molecule has 0 bridgehead atoms. The smallest absolute Gasteiger partial charge is 0.310 e. The Morgan fingerprint density at radius 1 is 1.33 bits per heavy atom. The van der Waals surface area contributed by atoms with Crippen LogP contribution in [-0.4, -0.2) is 33.4 Å². The monoisotopic (exact) mass is 292 g/mol. The quantitative estimate of drug-likeness (QED) is 0.838. The van der Waals surface area contributed by atoms with E-state index in [0.717, 1.165) is 5.56 Å². The lowest BCUT2D eigenvalue weighted by molar-refractivity contribution is -0.155. The van der Waals surface area contributed by atoms with Crippen molar-refractivity contribution in [1.82, 2.24) is 9.88 Å². The molecule has 0 radical (unpaired) electrons. The molecule has 1 amide bonds. The molecule has 0 aliphatic rings. The van der Waals surface area contributed by atoms with Gasteiger partial charge in [0.15, 0.2) is 0 Å². The van der Waals surface area contributed by atoms with E-state index in [1.807, 2.05) is 32.9 Å². The summed E-state index contributed by atoms with van der Waals surface area (Å²) in [5, 5.41) is 9.42. The molecule has 0 saturated carbocycles. The average molecular weight is 292 g/mol. The van der Waals surface area contributed by atoms with Gasteiger partial charge in [0.2, 0.25) is 5.91 Å². The molecule has 0 saturated heterocycles. The number of aliphatic carboxylic acids is 1. The maximum absolute atomic E-state index is 12.5. The molecule has 0 aliphatic heterocycles. The van der Waals surface area contributed by atoms with E-state index in [1.165, 1.54) is 0 Å². The van der Waals surface area contributed by atoms with Gasteiger partial charge in [-0.15, -0.1) is 0 Å². The summed E-state index contributed by atoms with van der Waals surface area (Å²) in [4.78, 5) is 29.6.